The Hall–Kier alpha value is -1.64. The molecule has 1 heterocycles. The summed E-state index contributed by atoms with van der Waals surface area (Å²) in [6.45, 7) is 3.09. The predicted molar refractivity (Wildman–Crippen MR) is 74.6 cm³/mol. The number of fused-ring (bicyclic) bond motifs is 1. The lowest BCUT2D eigenvalue weighted by Gasteiger charge is -2.07. The van der Waals surface area contributed by atoms with Crippen LogP contribution in [0, 0.1) is 6.92 Å². The highest BCUT2D eigenvalue weighted by Crippen LogP contribution is 2.25. The molecular weight excluding hydrogens is 260 g/mol. The summed E-state index contributed by atoms with van der Waals surface area (Å²) in [5.41, 5.74) is 4.44. The fourth-order valence-corrected chi connectivity index (χ4v) is 2.50. The minimum Gasteiger partial charge on any atom is -0.372 e. The summed E-state index contributed by atoms with van der Waals surface area (Å²) >= 11 is 6.07. The van der Waals surface area contributed by atoms with E-state index in [4.69, 9.17) is 16.3 Å². The summed E-state index contributed by atoms with van der Waals surface area (Å²) < 4.78 is 5.37. The van der Waals surface area contributed by atoms with Gasteiger partial charge in [0.15, 0.2) is 5.78 Å². The standard InChI is InChI=1S/C16H13ClO2/c1-10-14(3-2-4-15(10)17)16(18)11-5-6-12-8-19-9-13(12)7-11/h2-7H,8-9H2,1H3. The number of hydrogen-bond acceptors (Lipinski definition) is 2. The lowest BCUT2D eigenvalue weighted by Crippen LogP contribution is -2.04. The molecule has 0 N–H and O–H groups in total. The van der Waals surface area contributed by atoms with E-state index in [2.05, 4.69) is 0 Å². The number of rotatable bonds is 2. The lowest BCUT2D eigenvalue weighted by atomic mass is 9.96. The van der Waals surface area contributed by atoms with Crippen molar-refractivity contribution >= 4 is 17.4 Å². The Bertz CT molecular complexity index is 662. The largest absolute Gasteiger partial charge is 0.372 e. The summed E-state index contributed by atoms with van der Waals surface area (Å²) in [4.78, 5) is 12.5. The molecule has 0 amide bonds. The van der Waals surface area contributed by atoms with Crippen molar-refractivity contribution in [1.82, 2.24) is 0 Å². The molecule has 0 atom stereocenters. The van der Waals surface area contributed by atoms with Crippen molar-refractivity contribution in [2.24, 2.45) is 0 Å². The van der Waals surface area contributed by atoms with E-state index in [0.717, 1.165) is 11.1 Å². The van der Waals surface area contributed by atoms with Crippen LogP contribution in [0.2, 0.25) is 5.02 Å². The van der Waals surface area contributed by atoms with Gasteiger partial charge in [-0.25, -0.2) is 0 Å². The summed E-state index contributed by atoms with van der Waals surface area (Å²) in [5, 5.41) is 0.621. The van der Waals surface area contributed by atoms with Gasteiger partial charge in [-0.1, -0.05) is 35.9 Å². The van der Waals surface area contributed by atoms with Crippen molar-refractivity contribution in [2.45, 2.75) is 20.1 Å². The molecule has 96 valence electrons. The molecule has 0 spiro atoms. The number of carbonyl (C=O) groups excluding carboxylic acids is 1. The van der Waals surface area contributed by atoms with E-state index in [0.29, 0.717) is 29.4 Å². The highest BCUT2D eigenvalue weighted by molar-refractivity contribution is 6.32. The maximum atomic E-state index is 12.5. The first-order valence-electron chi connectivity index (χ1n) is 6.16. The number of halogens is 1. The predicted octanol–water partition coefficient (Wildman–Crippen LogP) is 3.91. The number of ether oxygens (including phenoxy) is 1. The highest BCUT2D eigenvalue weighted by atomic mass is 35.5. The van der Waals surface area contributed by atoms with Gasteiger partial charge in [-0.3, -0.25) is 4.79 Å². The molecule has 2 nitrogen and oxygen atoms in total. The second-order valence-corrected chi connectivity index (χ2v) is 5.13. The SMILES string of the molecule is Cc1c(Cl)cccc1C(=O)c1ccc2c(c1)COC2. The third-order valence-corrected chi connectivity index (χ3v) is 3.91. The van der Waals surface area contributed by atoms with Gasteiger partial charge >= 0.3 is 0 Å². The Balaban J connectivity index is 2.02. The molecule has 2 aromatic rings. The Kier molecular flexibility index (Phi) is 3.13. The summed E-state index contributed by atoms with van der Waals surface area (Å²) in [7, 11) is 0. The molecule has 2 aromatic carbocycles. The van der Waals surface area contributed by atoms with Gasteiger partial charge in [0.25, 0.3) is 0 Å². The normalized spacial score (nSPS) is 13.4. The molecule has 0 aromatic heterocycles. The van der Waals surface area contributed by atoms with Crippen molar-refractivity contribution in [1.29, 1.82) is 0 Å². The van der Waals surface area contributed by atoms with Crippen LogP contribution in [0.15, 0.2) is 36.4 Å². The van der Waals surface area contributed by atoms with Gasteiger partial charge in [0.05, 0.1) is 13.2 Å². The zero-order chi connectivity index (χ0) is 13.4. The van der Waals surface area contributed by atoms with Crippen molar-refractivity contribution in [2.75, 3.05) is 0 Å². The average Bonchev–Trinajstić information content (AvgIpc) is 2.88. The number of ketones is 1. The molecule has 0 bridgehead atoms. The molecular formula is C16H13ClO2. The van der Waals surface area contributed by atoms with Gasteiger partial charge in [0, 0.05) is 16.1 Å². The Morgan fingerprint density at radius 1 is 1.16 bits per heavy atom. The smallest absolute Gasteiger partial charge is 0.193 e. The van der Waals surface area contributed by atoms with E-state index in [1.807, 2.05) is 31.2 Å². The second-order valence-electron chi connectivity index (χ2n) is 4.72. The van der Waals surface area contributed by atoms with Crippen LogP contribution in [0.4, 0.5) is 0 Å². The van der Waals surface area contributed by atoms with Crippen LogP contribution in [-0.4, -0.2) is 5.78 Å². The second kappa shape index (κ2) is 4.80. The molecule has 0 saturated carbocycles. The molecule has 0 fully saturated rings. The first-order chi connectivity index (χ1) is 9.16. The van der Waals surface area contributed by atoms with Crippen LogP contribution < -0.4 is 0 Å². The van der Waals surface area contributed by atoms with E-state index in [1.165, 1.54) is 5.56 Å². The molecule has 1 aliphatic heterocycles. The van der Waals surface area contributed by atoms with E-state index < -0.39 is 0 Å². The number of hydrogen-bond donors (Lipinski definition) is 0. The van der Waals surface area contributed by atoms with Gasteiger partial charge in [-0.15, -0.1) is 0 Å². The molecule has 0 aliphatic carbocycles. The van der Waals surface area contributed by atoms with Gasteiger partial charge in [0.2, 0.25) is 0 Å². The molecule has 0 radical (unpaired) electrons. The number of carbonyl (C=O) groups is 1. The van der Waals surface area contributed by atoms with Crippen molar-refractivity contribution < 1.29 is 9.53 Å². The van der Waals surface area contributed by atoms with Crippen molar-refractivity contribution in [3.63, 3.8) is 0 Å². The summed E-state index contributed by atoms with van der Waals surface area (Å²) in [6, 6.07) is 11.2. The molecule has 19 heavy (non-hydrogen) atoms. The van der Waals surface area contributed by atoms with E-state index >= 15 is 0 Å². The third kappa shape index (κ3) is 2.18. The first kappa shape index (κ1) is 12.4. The minimum absolute atomic E-state index is 0.00898. The monoisotopic (exact) mass is 272 g/mol. The van der Waals surface area contributed by atoms with Gasteiger partial charge in [-0.2, -0.15) is 0 Å². The van der Waals surface area contributed by atoms with E-state index in [9.17, 15) is 4.79 Å². The topological polar surface area (TPSA) is 26.3 Å². The van der Waals surface area contributed by atoms with Crippen LogP contribution in [-0.2, 0) is 18.0 Å². The maximum Gasteiger partial charge on any atom is 0.193 e. The van der Waals surface area contributed by atoms with Crippen LogP contribution in [0.25, 0.3) is 0 Å². The molecule has 0 unspecified atom stereocenters. The lowest BCUT2D eigenvalue weighted by molar-refractivity contribution is 0.103. The van der Waals surface area contributed by atoms with Crippen LogP contribution in [0.5, 0.6) is 0 Å². The van der Waals surface area contributed by atoms with Crippen LogP contribution in [0.3, 0.4) is 0 Å². The fraction of sp³-hybridized carbons (Fsp3) is 0.188. The molecule has 3 heteroatoms. The fourth-order valence-electron chi connectivity index (χ4n) is 2.32. The Labute approximate surface area is 117 Å². The average molecular weight is 273 g/mol. The zero-order valence-corrected chi connectivity index (χ0v) is 11.3. The molecule has 3 rings (SSSR count). The van der Waals surface area contributed by atoms with Gasteiger partial charge < -0.3 is 4.74 Å². The zero-order valence-electron chi connectivity index (χ0n) is 10.6. The van der Waals surface area contributed by atoms with Crippen molar-refractivity contribution in [3.05, 3.63) is 69.2 Å². The Morgan fingerprint density at radius 2 is 1.95 bits per heavy atom. The summed E-state index contributed by atoms with van der Waals surface area (Å²) in [6.07, 6.45) is 0. The maximum absolute atomic E-state index is 12.5. The third-order valence-electron chi connectivity index (χ3n) is 3.50. The van der Waals surface area contributed by atoms with E-state index in [1.54, 1.807) is 12.1 Å². The van der Waals surface area contributed by atoms with Gasteiger partial charge in [0.1, 0.15) is 0 Å². The Morgan fingerprint density at radius 3 is 2.79 bits per heavy atom. The highest BCUT2D eigenvalue weighted by Gasteiger charge is 2.17. The molecule has 1 aliphatic rings. The van der Waals surface area contributed by atoms with Crippen LogP contribution >= 0.6 is 11.6 Å². The van der Waals surface area contributed by atoms with Crippen LogP contribution in [0.1, 0.15) is 32.6 Å². The molecule has 0 saturated heterocycles. The van der Waals surface area contributed by atoms with Gasteiger partial charge in [-0.05, 0) is 35.7 Å². The number of benzene rings is 2. The van der Waals surface area contributed by atoms with Crippen molar-refractivity contribution in [3.8, 4) is 0 Å². The quantitative estimate of drug-likeness (QED) is 0.775. The minimum atomic E-state index is 0.00898. The first-order valence-corrected chi connectivity index (χ1v) is 6.54. The summed E-state index contributed by atoms with van der Waals surface area (Å²) in [5.74, 6) is 0.00898. The van der Waals surface area contributed by atoms with E-state index in [-0.39, 0.29) is 5.78 Å².